The minimum atomic E-state index is -0.639. The number of primary amides is 1. The molecule has 6 heteroatoms. The van der Waals surface area contributed by atoms with Crippen LogP contribution in [0.1, 0.15) is 24.3 Å². The van der Waals surface area contributed by atoms with Gasteiger partial charge in [-0.1, -0.05) is 13.8 Å². The second-order valence-electron chi connectivity index (χ2n) is 5.12. The van der Waals surface area contributed by atoms with Gasteiger partial charge in [-0.2, -0.15) is 0 Å². The lowest BCUT2D eigenvalue weighted by atomic mass is 10.1. The van der Waals surface area contributed by atoms with Crippen LogP contribution in [-0.4, -0.2) is 10.9 Å². The number of anilines is 1. The van der Waals surface area contributed by atoms with Gasteiger partial charge < -0.3 is 16.2 Å². The van der Waals surface area contributed by atoms with Gasteiger partial charge in [0, 0.05) is 11.3 Å². The van der Waals surface area contributed by atoms with Crippen LogP contribution < -0.4 is 16.2 Å². The number of nitrogens with two attached hydrogens (primary N) is 2. The summed E-state index contributed by atoms with van der Waals surface area (Å²) >= 11 is 0. The first-order chi connectivity index (χ1) is 12.5. The maximum Gasteiger partial charge on any atom is 0.267 e. The van der Waals surface area contributed by atoms with Crippen molar-refractivity contribution in [3.05, 3.63) is 72.2 Å². The quantitative estimate of drug-likeness (QED) is 0.728. The van der Waals surface area contributed by atoms with E-state index in [0.29, 0.717) is 22.9 Å². The van der Waals surface area contributed by atoms with Crippen molar-refractivity contribution in [2.45, 2.75) is 13.8 Å². The molecule has 1 heterocycles. The van der Waals surface area contributed by atoms with E-state index in [1.807, 2.05) is 13.8 Å². The Morgan fingerprint density at radius 3 is 2.04 bits per heavy atom. The molecule has 3 aromatic rings. The molecule has 1 aromatic heterocycles. The van der Waals surface area contributed by atoms with Crippen LogP contribution in [0.2, 0.25) is 0 Å². The molecule has 0 radical (unpaired) electrons. The molecule has 0 aliphatic carbocycles. The number of nitrogens with zero attached hydrogens (tertiary/aromatic N) is 1. The van der Waals surface area contributed by atoms with Crippen LogP contribution in [0.5, 0.6) is 11.5 Å². The Morgan fingerprint density at radius 2 is 1.50 bits per heavy atom. The Balaban J connectivity index is 0.00000117. The average Bonchev–Trinajstić information content (AvgIpc) is 2.65. The normalized spacial score (nSPS) is 9.81. The van der Waals surface area contributed by atoms with E-state index in [9.17, 15) is 9.18 Å². The molecule has 0 atom stereocenters. The monoisotopic (exact) mass is 353 g/mol. The largest absolute Gasteiger partial charge is 0.457 e. The molecule has 4 N–H and O–H groups in total. The lowest BCUT2D eigenvalue weighted by molar-refractivity contribution is 0.0995. The van der Waals surface area contributed by atoms with Gasteiger partial charge in [0.2, 0.25) is 0 Å². The first-order valence-corrected chi connectivity index (χ1v) is 8.12. The van der Waals surface area contributed by atoms with Gasteiger partial charge in [0.05, 0.1) is 5.69 Å². The molecule has 0 unspecified atom stereocenters. The van der Waals surface area contributed by atoms with Gasteiger partial charge in [0.1, 0.15) is 23.0 Å². The third-order valence-electron chi connectivity index (χ3n) is 3.30. The minimum Gasteiger partial charge on any atom is -0.457 e. The van der Waals surface area contributed by atoms with E-state index in [-0.39, 0.29) is 11.5 Å². The number of rotatable bonds is 4. The van der Waals surface area contributed by atoms with Gasteiger partial charge in [0.25, 0.3) is 5.91 Å². The summed E-state index contributed by atoms with van der Waals surface area (Å²) in [4.78, 5) is 15.5. The van der Waals surface area contributed by atoms with Crippen molar-refractivity contribution in [2.24, 2.45) is 5.73 Å². The molecule has 26 heavy (non-hydrogen) atoms. The molecular formula is C20H20FN3O2. The molecule has 134 valence electrons. The number of halogens is 1. The topological polar surface area (TPSA) is 91.2 Å². The Labute approximate surface area is 151 Å². The second kappa shape index (κ2) is 8.62. The van der Waals surface area contributed by atoms with E-state index in [2.05, 4.69) is 4.98 Å². The van der Waals surface area contributed by atoms with E-state index in [1.165, 1.54) is 18.2 Å². The van der Waals surface area contributed by atoms with Gasteiger partial charge in [-0.3, -0.25) is 4.79 Å². The van der Waals surface area contributed by atoms with Gasteiger partial charge >= 0.3 is 0 Å². The first kappa shape index (κ1) is 18.9. The molecule has 0 aliphatic heterocycles. The highest BCUT2D eigenvalue weighted by Crippen LogP contribution is 2.26. The molecule has 0 spiro atoms. The number of benzene rings is 2. The van der Waals surface area contributed by atoms with E-state index in [0.717, 1.165) is 5.56 Å². The van der Waals surface area contributed by atoms with Gasteiger partial charge in [0.15, 0.2) is 0 Å². The fourth-order valence-corrected chi connectivity index (χ4v) is 2.16. The van der Waals surface area contributed by atoms with Gasteiger partial charge in [-0.05, 0) is 60.7 Å². The number of ether oxygens (including phenoxy) is 1. The van der Waals surface area contributed by atoms with Crippen LogP contribution in [-0.2, 0) is 0 Å². The van der Waals surface area contributed by atoms with Crippen molar-refractivity contribution in [2.75, 3.05) is 5.73 Å². The standard InChI is InChI=1S/C18H14FN3O2.C2H6/c19-12-3-7-15(8-4-12)24-14-5-1-11(2-6-14)16-9-13(20)10-17(22-16)18(21)23;1-2/h1-10H,(H2,20,22)(H2,21,23);1-2H3. The average molecular weight is 353 g/mol. The van der Waals surface area contributed by atoms with Crippen molar-refractivity contribution >= 4 is 11.6 Å². The zero-order chi connectivity index (χ0) is 19.1. The van der Waals surface area contributed by atoms with Crippen LogP contribution >= 0.6 is 0 Å². The smallest absolute Gasteiger partial charge is 0.267 e. The van der Waals surface area contributed by atoms with Crippen molar-refractivity contribution in [3.63, 3.8) is 0 Å². The van der Waals surface area contributed by atoms with Crippen molar-refractivity contribution in [1.29, 1.82) is 0 Å². The number of amides is 1. The fourth-order valence-electron chi connectivity index (χ4n) is 2.16. The van der Waals surface area contributed by atoms with E-state index >= 15 is 0 Å². The summed E-state index contributed by atoms with van der Waals surface area (Å²) in [6, 6.07) is 15.9. The first-order valence-electron chi connectivity index (χ1n) is 8.12. The minimum absolute atomic E-state index is 0.108. The van der Waals surface area contributed by atoms with Gasteiger partial charge in [-0.15, -0.1) is 0 Å². The van der Waals surface area contributed by atoms with Gasteiger partial charge in [-0.25, -0.2) is 9.37 Å². The summed E-state index contributed by atoms with van der Waals surface area (Å²) in [5.74, 6) is 0.155. The Hall–Kier alpha value is -3.41. The van der Waals surface area contributed by atoms with E-state index < -0.39 is 5.91 Å². The number of pyridine rings is 1. The fraction of sp³-hybridized carbons (Fsp3) is 0.100. The van der Waals surface area contributed by atoms with E-state index in [1.54, 1.807) is 42.5 Å². The lowest BCUT2D eigenvalue weighted by Crippen LogP contribution is -2.13. The van der Waals surface area contributed by atoms with E-state index in [4.69, 9.17) is 16.2 Å². The number of nitrogen functional groups attached to an aromatic ring is 1. The zero-order valence-electron chi connectivity index (χ0n) is 14.6. The van der Waals surface area contributed by atoms with Crippen LogP contribution in [0.3, 0.4) is 0 Å². The van der Waals surface area contributed by atoms with Crippen LogP contribution in [0.4, 0.5) is 10.1 Å². The summed E-state index contributed by atoms with van der Waals surface area (Å²) < 4.78 is 18.5. The highest BCUT2D eigenvalue weighted by atomic mass is 19.1. The lowest BCUT2D eigenvalue weighted by Gasteiger charge is -2.08. The second-order valence-corrected chi connectivity index (χ2v) is 5.12. The van der Waals surface area contributed by atoms with Crippen molar-refractivity contribution in [3.8, 4) is 22.8 Å². The number of hydrogen-bond acceptors (Lipinski definition) is 4. The number of hydrogen-bond donors (Lipinski definition) is 2. The summed E-state index contributed by atoms with van der Waals surface area (Å²) in [6.45, 7) is 4.00. The van der Waals surface area contributed by atoms with Crippen LogP contribution in [0, 0.1) is 5.82 Å². The molecule has 0 saturated carbocycles. The summed E-state index contributed by atoms with van der Waals surface area (Å²) in [6.07, 6.45) is 0. The van der Waals surface area contributed by atoms with Crippen LogP contribution in [0.15, 0.2) is 60.7 Å². The molecule has 2 aromatic carbocycles. The molecule has 3 rings (SSSR count). The number of carbonyl (C=O) groups excluding carboxylic acids is 1. The Kier molecular flexibility index (Phi) is 6.27. The maximum absolute atomic E-state index is 12.9. The highest BCUT2D eigenvalue weighted by Gasteiger charge is 2.08. The SMILES string of the molecule is CC.NC(=O)c1cc(N)cc(-c2ccc(Oc3ccc(F)cc3)cc2)n1. The third-order valence-corrected chi connectivity index (χ3v) is 3.30. The predicted molar refractivity (Wildman–Crippen MR) is 100 cm³/mol. The molecule has 0 aliphatic rings. The predicted octanol–water partition coefficient (Wildman–Crippen LogP) is 4.39. The summed E-state index contributed by atoms with van der Waals surface area (Å²) in [5, 5.41) is 0. The molecular weight excluding hydrogens is 333 g/mol. The summed E-state index contributed by atoms with van der Waals surface area (Å²) in [7, 11) is 0. The number of aromatic nitrogens is 1. The zero-order valence-corrected chi connectivity index (χ0v) is 14.6. The molecule has 0 saturated heterocycles. The molecule has 0 bridgehead atoms. The molecule has 0 fully saturated rings. The van der Waals surface area contributed by atoms with Crippen molar-refractivity contribution in [1.82, 2.24) is 4.98 Å². The third kappa shape index (κ3) is 4.80. The van der Waals surface area contributed by atoms with Crippen molar-refractivity contribution < 1.29 is 13.9 Å². The number of carbonyl (C=O) groups is 1. The Bertz CT molecular complexity index is 879. The summed E-state index contributed by atoms with van der Waals surface area (Å²) in [5.41, 5.74) is 12.8. The Morgan fingerprint density at radius 1 is 0.962 bits per heavy atom. The highest BCUT2D eigenvalue weighted by molar-refractivity contribution is 5.92. The molecule has 1 amide bonds. The molecule has 5 nitrogen and oxygen atoms in total. The maximum atomic E-state index is 12.9. The van der Waals surface area contributed by atoms with Crippen LogP contribution in [0.25, 0.3) is 11.3 Å².